The summed E-state index contributed by atoms with van der Waals surface area (Å²) in [5.74, 6) is 0. The zero-order chi connectivity index (χ0) is 11.3. The number of nitrogens with one attached hydrogen (secondary N) is 1. The quantitative estimate of drug-likeness (QED) is 0.888. The Kier molecular flexibility index (Phi) is 5.82. The molecule has 0 aromatic heterocycles. The van der Waals surface area contributed by atoms with E-state index in [-0.39, 0.29) is 6.04 Å². The first-order valence-electron chi connectivity index (χ1n) is 4.89. The van der Waals surface area contributed by atoms with Crippen LogP contribution in [0.25, 0.3) is 0 Å². The molecule has 0 spiro atoms. The maximum atomic E-state index is 5.43. The normalized spacial score (nSPS) is 12.8. The van der Waals surface area contributed by atoms with Crippen LogP contribution in [0.4, 0.5) is 0 Å². The van der Waals surface area contributed by atoms with Crippen LogP contribution in [-0.4, -0.2) is 20.3 Å². The van der Waals surface area contributed by atoms with Crippen molar-refractivity contribution >= 4 is 31.9 Å². The fourth-order valence-corrected chi connectivity index (χ4v) is 2.67. The van der Waals surface area contributed by atoms with Crippen LogP contribution in [0.5, 0.6) is 0 Å². The highest BCUT2D eigenvalue weighted by atomic mass is 79.9. The standard InChI is InChI=1S/C11H15Br2NO/c1-3-15-7-11(14-2)9-5-4-8(12)6-10(9)13/h4-6,11,14H,3,7H2,1-2H3. The molecule has 0 aliphatic rings. The topological polar surface area (TPSA) is 21.3 Å². The predicted octanol–water partition coefficient (Wildman–Crippen LogP) is 3.51. The summed E-state index contributed by atoms with van der Waals surface area (Å²) >= 11 is 6.99. The second-order valence-corrected chi connectivity index (χ2v) is 4.94. The summed E-state index contributed by atoms with van der Waals surface area (Å²) in [5, 5.41) is 3.24. The molecule has 1 rings (SSSR count). The van der Waals surface area contributed by atoms with Gasteiger partial charge in [0.05, 0.1) is 12.6 Å². The molecule has 0 aliphatic carbocycles. The molecule has 0 amide bonds. The first-order chi connectivity index (χ1) is 7.19. The molecule has 0 heterocycles. The summed E-state index contributed by atoms with van der Waals surface area (Å²) in [5.41, 5.74) is 1.22. The van der Waals surface area contributed by atoms with Crippen molar-refractivity contribution in [2.75, 3.05) is 20.3 Å². The molecule has 0 saturated carbocycles. The number of halogens is 2. The lowest BCUT2D eigenvalue weighted by atomic mass is 10.1. The third kappa shape index (κ3) is 3.87. The molecule has 84 valence electrons. The Morgan fingerprint density at radius 3 is 2.67 bits per heavy atom. The van der Waals surface area contributed by atoms with Crippen LogP contribution in [0.3, 0.4) is 0 Å². The minimum Gasteiger partial charge on any atom is -0.380 e. The summed E-state index contributed by atoms with van der Waals surface area (Å²) < 4.78 is 7.60. The average molecular weight is 337 g/mol. The summed E-state index contributed by atoms with van der Waals surface area (Å²) in [6.45, 7) is 3.43. The van der Waals surface area contributed by atoms with Crippen molar-refractivity contribution in [1.82, 2.24) is 5.32 Å². The number of hydrogen-bond donors (Lipinski definition) is 1. The molecule has 2 nitrogen and oxygen atoms in total. The third-order valence-corrected chi connectivity index (χ3v) is 3.36. The van der Waals surface area contributed by atoms with Crippen LogP contribution in [0.15, 0.2) is 27.1 Å². The molecule has 1 atom stereocenters. The molecule has 15 heavy (non-hydrogen) atoms. The van der Waals surface area contributed by atoms with Gasteiger partial charge in [0.2, 0.25) is 0 Å². The van der Waals surface area contributed by atoms with Crippen molar-refractivity contribution in [2.24, 2.45) is 0 Å². The highest BCUT2D eigenvalue weighted by Crippen LogP contribution is 2.26. The van der Waals surface area contributed by atoms with Crippen molar-refractivity contribution in [3.63, 3.8) is 0 Å². The molecule has 0 bridgehead atoms. The highest BCUT2D eigenvalue weighted by Gasteiger charge is 2.12. The van der Waals surface area contributed by atoms with E-state index in [0.717, 1.165) is 15.6 Å². The van der Waals surface area contributed by atoms with Gasteiger partial charge in [0.1, 0.15) is 0 Å². The van der Waals surface area contributed by atoms with Crippen molar-refractivity contribution in [3.8, 4) is 0 Å². The minimum atomic E-state index is 0.229. The smallest absolute Gasteiger partial charge is 0.0661 e. The Morgan fingerprint density at radius 1 is 1.40 bits per heavy atom. The molecule has 0 fully saturated rings. The van der Waals surface area contributed by atoms with E-state index in [1.54, 1.807) is 0 Å². The number of likely N-dealkylation sites (N-methyl/N-ethyl adjacent to an activating group) is 1. The van der Waals surface area contributed by atoms with Crippen LogP contribution >= 0.6 is 31.9 Å². The number of hydrogen-bond acceptors (Lipinski definition) is 2. The van der Waals surface area contributed by atoms with Crippen LogP contribution in [0.2, 0.25) is 0 Å². The number of rotatable bonds is 5. The molecule has 1 N–H and O–H groups in total. The fraction of sp³-hybridized carbons (Fsp3) is 0.455. The molecule has 0 radical (unpaired) electrons. The van der Waals surface area contributed by atoms with Gasteiger partial charge >= 0.3 is 0 Å². The van der Waals surface area contributed by atoms with E-state index in [4.69, 9.17) is 4.74 Å². The Balaban J connectivity index is 2.81. The number of benzene rings is 1. The van der Waals surface area contributed by atoms with Gasteiger partial charge in [0.25, 0.3) is 0 Å². The molecule has 0 aliphatic heterocycles. The maximum Gasteiger partial charge on any atom is 0.0661 e. The third-order valence-electron chi connectivity index (χ3n) is 2.18. The fourth-order valence-electron chi connectivity index (χ4n) is 1.35. The first-order valence-corrected chi connectivity index (χ1v) is 6.47. The van der Waals surface area contributed by atoms with Gasteiger partial charge in [-0.15, -0.1) is 0 Å². The van der Waals surface area contributed by atoms with E-state index < -0.39 is 0 Å². The van der Waals surface area contributed by atoms with Crippen molar-refractivity contribution < 1.29 is 4.74 Å². The van der Waals surface area contributed by atoms with Gasteiger partial charge in [0, 0.05) is 15.6 Å². The zero-order valence-electron chi connectivity index (χ0n) is 8.89. The largest absolute Gasteiger partial charge is 0.380 e. The van der Waals surface area contributed by atoms with E-state index >= 15 is 0 Å². The second kappa shape index (κ2) is 6.63. The predicted molar refractivity (Wildman–Crippen MR) is 70.1 cm³/mol. The summed E-state index contributed by atoms with van der Waals surface area (Å²) in [6, 6.07) is 6.41. The Bertz CT molecular complexity index is 317. The summed E-state index contributed by atoms with van der Waals surface area (Å²) in [7, 11) is 1.94. The van der Waals surface area contributed by atoms with Crippen LogP contribution in [-0.2, 0) is 4.74 Å². The van der Waals surface area contributed by atoms with E-state index in [0.29, 0.717) is 6.61 Å². The van der Waals surface area contributed by atoms with E-state index in [1.165, 1.54) is 5.56 Å². The molecule has 1 aromatic carbocycles. The van der Waals surface area contributed by atoms with Crippen LogP contribution in [0.1, 0.15) is 18.5 Å². The van der Waals surface area contributed by atoms with Gasteiger partial charge in [0.15, 0.2) is 0 Å². The zero-order valence-corrected chi connectivity index (χ0v) is 12.1. The van der Waals surface area contributed by atoms with Gasteiger partial charge in [-0.25, -0.2) is 0 Å². The van der Waals surface area contributed by atoms with E-state index in [2.05, 4.69) is 43.2 Å². The first kappa shape index (κ1) is 13.2. The summed E-state index contributed by atoms with van der Waals surface area (Å²) in [4.78, 5) is 0. The maximum absolute atomic E-state index is 5.43. The molecule has 4 heteroatoms. The lowest BCUT2D eigenvalue weighted by Crippen LogP contribution is -2.22. The lowest BCUT2D eigenvalue weighted by Gasteiger charge is -2.18. The second-order valence-electron chi connectivity index (χ2n) is 3.17. The van der Waals surface area contributed by atoms with Crippen molar-refractivity contribution in [1.29, 1.82) is 0 Å². The van der Waals surface area contributed by atoms with Gasteiger partial charge in [-0.2, -0.15) is 0 Å². The molecular weight excluding hydrogens is 322 g/mol. The summed E-state index contributed by atoms with van der Waals surface area (Å²) in [6.07, 6.45) is 0. The van der Waals surface area contributed by atoms with Gasteiger partial charge < -0.3 is 10.1 Å². The Labute approximate surface area is 108 Å². The SMILES string of the molecule is CCOCC(NC)c1ccc(Br)cc1Br. The van der Waals surface area contributed by atoms with Crippen molar-refractivity contribution in [2.45, 2.75) is 13.0 Å². The van der Waals surface area contributed by atoms with Crippen molar-refractivity contribution in [3.05, 3.63) is 32.7 Å². The van der Waals surface area contributed by atoms with Gasteiger partial charge in [-0.05, 0) is 31.7 Å². The van der Waals surface area contributed by atoms with Crippen LogP contribution < -0.4 is 5.32 Å². The van der Waals surface area contributed by atoms with Gasteiger partial charge in [-0.3, -0.25) is 0 Å². The Morgan fingerprint density at radius 2 is 2.13 bits per heavy atom. The molecule has 1 unspecified atom stereocenters. The average Bonchev–Trinajstić information content (AvgIpc) is 2.21. The minimum absolute atomic E-state index is 0.229. The monoisotopic (exact) mass is 335 g/mol. The van der Waals surface area contributed by atoms with E-state index in [1.807, 2.05) is 26.1 Å². The van der Waals surface area contributed by atoms with Crippen LogP contribution in [0, 0.1) is 0 Å². The lowest BCUT2D eigenvalue weighted by molar-refractivity contribution is 0.125. The highest BCUT2D eigenvalue weighted by molar-refractivity contribution is 9.11. The molecule has 1 aromatic rings. The van der Waals surface area contributed by atoms with E-state index in [9.17, 15) is 0 Å². The Hall–Kier alpha value is 0.1000. The number of ether oxygens (including phenoxy) is 1. The van der Waals surface area contributed by atoms with Gasteiger partial charge in [-0.1, -0.05) is 37.9 Å². The molecular formula is C11H15Br2NO. The molecule has 0 saturated heterocycles.